The molecular formula is C30H23N5O2S3. The van der Waals surface area contributed by atoms with Crippen LogP contribution in [0, 0.1) is 0 Å². The molecule has 5 aromatic rings. The summed E-state index contributed by atoms with van der Waals surface area (Å²) in [6.45, 7) is 0. The number of thiazole rings is 1. The Balaban J connectivity index is 1.37. The van der Waals surface area contributed by atoms with E-state index in [1.165, 1.54) is 29.5 Å². The van der Waals surface area contributed by atoms with Crippen molar-refractivity contribution < 1.29 is 9.63 Å². The number of hydrogen-bond acceptors (Lipinski definition) is 10. The van der Waals surface area contributed by atoms with Gasteiger partial charge in [-0.25, -0.2) is 4.98 Å². The average Bonchev–Trinajstić information content (AvgIpc) is 3.66. The fourth-order valence-electron chi connectivity index (χ4n) is 4.49. The zero-order valence-corrected chi connectivity index (χ0v) is 23.5. The van der Waals surface area contributed by atoms with Gasteiger partial charge in [-0.1, -0.05) is 84.0 Å². The quantitative estimate of drug-likeness (QED) is 0.0509. The van der Waals surface area contributed by atoms with E-state index in [9.17, 15) is 4.79 Å². The van der Waals surface area contributed by atoms with Crippen LogP contribution >= 0.6 is 35.0 Å². The van der Waals surface area contributed by atoms with Crippen molar-refractivity contribution in [2.24, 2.45) is 5.16 Å². The predicted octanol–water partition coefficient (Wildman–Crippen LogP) is 6.94. The summed E-state index contributed by atoms with van der Waals surface area (Å²) in [5.41, 5.74) is 10.1. The number of nitrogens with two attached hydrogens (primary N) is 1. The van der Waals surface area contributed by atoms with Gasteiger partial charge in [-0.2, -0.15) is 4.83 Å². The summed E-state index contributed by atoms with van der Waals surface area (Å²) in [6.07, 6.45) is 3.11. The Labute approximate surface area is 243 Å². The Morgan fingerprint density at radius 2 is 1.65 bits per heavy atom. The Morgan fingerprint density at radius 1 is 0.950 bits per heavy atom. The molecule has 1 aliphatic rings. The average molecular weight is 582 g/mol. The summed E-state index contributed by atoms with van der Waals surface area (Å²) in [7, 11) is 0. The molecule has 0 spiro atoms. The number of nitrogens with one attached hydrogen (secondary N) is 1. The smallest absolute Gasteiger partial charge is 0.240 e. The number of hydrazine groups is 1. The SMILES string of the molecule is Nc1cc(C(O/N=C\C(=O)Sc2nc3ccccc3s2)(c2ccccc2)c2ccccc2)ccc1N1C=CSN1. The third kappa shape index (κ3) is 5.22. The van der Waals surface area contributed by atoms with Crippen LogP contribution < -0.4 is 15.6 Å². The zero-order chi connectivity index (χ0) is 27.4. The molecule has 0 radical (unpaired) electrons. The second-order valence-corrected chi connectivity index (χ2v) is 11.7. The van der Waals surface area contributed by atoms with Gasteiger partial charge in [0.1, 0.15) is 6.21 Å². The molecule has 40 heavy (non-hydrogen) atoms. The standard InChI is InChI=1S/C30H23N5O2S3/c31-24-19-23(15-16-26(24)35-17-18-38-34-35)30(21-9-3-1-4-10-21,22-11-5-2-6-12-22)37-32-20-28(36)40-29-33-25-13-7-8-14-27(25)39-29/h1-20,34H,31H2/b32-20-. The van der Waals surface area contributed by atoms with E-state index in [-0.39, 0.29) is 5.12 Å². The van der Waals surface area contributed by atoms with E-state index in [2.05, 4.69) is 15.0 Å². The lowest BCUT2D eigenvalue weighted by atomic mass is 9.80. The van der Waals surface area contributed by atoms with Crippen LogP contribution in [-0.4, -0.2) is 16.3 Å². The largest absolute Gasteiger partial charge is 0.397 e. The summed E-state index contributed by atoms with van der Waals surface area (Å²) in [6, 6.07) is 33.2. The summed E-state index contributed by atoms with van der Waals surface area (Å²) in [5.74, 6) is 0. The number of carbonyl (C=O) groups excluding carboxylic acids is 1. The van der Waals surface area contributed by atoms with Crippen LogP contribution in [0.15, 0.2) is 124 Å². The van der Waals surface area contributed by atoms with E-state index in [1.54, 1.807) is 0 Å². The van der Waals surface area contributed by atoms with Crippen LogP contribution in [0.3, 0.4) is 0 Å². The molecule has 3 N–H and O–H groups in total. The van der Waals surface area contributed by atoms with Crippen LogP contribution in [-0.2, 0) is 15.2 Å². The predicted molar refractivity (Wildman–Crippen MR) is 166 cm³/mol. The maximum atomic E-state index is 12.9. The second kappa shape index (κ2) is 11.6. The zero-order valence-electron chi connectivity index (χ0n) is 21.0. The first-order valence-corrected chi connectivity index (χ1v) is 14.8. The van der Waals surface area contributed by atoms with Gasteiger partial charge in [-0.3, -0.25) is 9.80 Å². The highest BCUT2D eigenvalue weighted by molar-refractivity contribution is 8.16. The molecule has 10 heteroatoms. The molecule has 198 valence electrons. The number of aromatic nitrogens is 1. The molecule has 0 atom stereocenters. The van der Waals surface area contributed by atoms with Gasteiger partial charge in [0.25, 0.3) is 0 Å². The number of rotatable bonds is 8. The normalized spacial score (nSPS) is 13.3. The fraction of sp³-hybridized carbons (Fsp3) is 0.0333. The first kappa shape index (κ1) is 26.1. The summed E-state index contributed by atoms with van der Waals surface area (Å²) < 4.78 is 1.68. The molecule has 0 saturated heterocycles. The van der Waals surface area contributed by atoms with Gasteiger partial charge in [0.2, 0.25) is 10.7 Å². The summed E-state index contributed by atoms with van der Waals surface area (Å²) in [5, 5.41) is 7.76. The molecule has 2 heterocycles. The first-order valence-electron chi connectivity index (χ1n) is 12.3. The molecule has 1 aliphatic heterocycles. The minimum Gasteiger partial charge on any atom is -0.397 e. The minimum absolute atomic E-state index is 0.284. The van der Waals surface area contributed by atoms with Gasteiger partial charge in [0.15, 0.2) is 4.34 Å². The van der Waals surface area contributed by atoms with Crippen molar-refractivity contribution in [1.29, 1.82) is 0 Å². The van der Waals surface area contributed by atoms with Crippen molar-refractivity contribution in [3.63, 3.8) is 0 Å². The number of para-hydroxylation sites is 1. The van der Waals surface area contributed by atoms with Crippen molar-refractivity contribution in [3.8, 4) is 0 Å². The lowest BCUT2D eigenvalue weighted by Crippen LogP contribution is -2.32. The Kier molecular flexibility index (Phi) is 7.56. The van der Waals surface area contributed by atoms with Gasteiger partial charge < -0.3 is 10.6 Å². The maximum Gasteiger partial charge on any atom is 0.240 e. The first-order chi connectivity index (χ1) is 19.6. The monoisotopic (exact) mass is 581 g/mol. The van der Waals surface area contributed by atoms with Gasteiger partial charge in [-0.05, 0) is 48.0 Å². The number of hydrogen-bond donors (Lipinski definition) is 2. The number of nitrogen functional groups attached to an aromatic ring is 1. The van der Waals surface area contributed by atoms with E-state index >= 15 is 0 Å². The van der Waals surface area contributed by atoms with Gasteiger partial charge in [-0.15, -0.1) is 11.3 Å². The summed E-state index contributed by atoms with van der Waals surface area (Å²) in [4.78, 5) is 27.0. The lowest BCUT2D eigenvalue weighted by molar-refractivity contribution is -0.105. The number of fused-ring (bicyclic) bond motifs is 1. The van der Waals surface area contributed by atoms with Crippen molar-refractivity contribution in [2.75, 3.05) is 10.7 Å². The Morgan fingerprint density at radius 3 is 2.30 bits per heavy atom. The number of oxime groups is 1. The Bertz CT molecular complexity index is 1630. The molecule has 6 rings (SSSR count). The molecule has 0 saturated carbocycles. The van der Waals surface area contributed by atoms with Crippen LogP contribution in [0.25, 0.3) is 10.2 Å². The van der Waals surface area contributed by atoms with Gasteiger partial charge in [0.05, 0.1) is 21.6 Å². The minimum atomic E-state index is -1.17. The molecule has 0 fully saturated rings. The van der Waals surface area contributed by atoms with Gasteiger partial charge >= 0.3 is 0 Å². The maximum absolute atomic E-state index is 12.9. The number of nitrogens with zero attached hydrogens (tertiary/aromatic N) is 3. The molecule has 0 unspecified atom stereocenters. The van der Waals surface area contributed by atoms with Crippen LogP contribution in [0.5, 0.6) is 0 Å². The summed E-state index contributed by atoms with van der Waals surface area (Å²) >= 11 is 3.95. The topological polar surface area (TPSA) is 92.8 Å². The number of benzene rings is 4. The van der Waals surface area contributed by atoms with Crippen LogP contribution in [0.4, 0.5) is 11.4 Å². The van der Waals surface area contributed by atoms with Crippen LogP contribution in [0.2, 0.25) is 0 Å². The number of carbonyl (C=O) groups is 1. The second-order valence-electron chi connectivity index (χ2n) is 8.75. The third-order valence-corrected chi connectivity index (χ3v) is 8.76. The van der Waals surface area contributed by atoms with E-state index in [4.69, 9.17) is 10.6 Å². The molecule has 4 aromatic carbocycles. The molecule has 1 aromatic heterocycles. The lowest BCUT2D eigenvalue weighted by Gasteiger charge is -2.33. The van der Waals surface area contributed by atoms with E-state index in [0.717, 1.165) is 44.4 Å². The highest BCUT2D eigenvalue weighted by Gasteiger charge is 2.40. The number of anilines is 2. The van der Waals surface area contributed by atoms with Crippen molar-refractivity contribution in [3.05, 3.63) is 131 Å². The molecule has 7 nitrogen and oxygen atoms in total. The van der Waals surface area contributed by atoms with Crippen molar-refractivity contribution in [1.82, 2.24) is 9.82 Å². The molecule has 0 amide bonds. The Hall–Kier alpha value is -4.09. The fourth-order valence-corrected chi connectivity index (χ4v) is 6.80. The molecule has 0 bridgehead atoms. The van der Waals surface area contributed by atoms with Crippen molar-refractivity contribution >= 4 is 68.0 Å². The van der Waals surface area contributed by atoms with Crippen molar-refractivity contribution in [2.45, 2.75) is 9.94 Å². The highest BCUT2D eigenvalue weighted by atomic mass is 32.2. The van der Waals surface area contributed by atoms with Crippen LogP contribution in [0.1, 0.15) is 16.7 Å². The van der Waals surface area contributed by atoms with Gasteiger partial charge in [0, 0.05) is 28.3 Å². The van der Waals surface area contributed by atoms with E-state index in [0.29, 0.717) is 10.0 Å². The van der Waals surface area contributed by atoms with E-state index in [1.807, 2.05) is 120 Å². The number of thioether (sulfide) groups is 1. The highest BCUT2D eigenvalue weighted by Crippen LogP contribution is 2.43. The molecular weight excluding hydrogens is 559 g/mol. The molecule has 0 aliphatic carbocycles. The third-order valence-electron chi connectivity index (χ3n) is 6.29. The van der Waals surface area contributed by atoms with E-state index < -0.39 is 5.60 Å².